The summed E-state index contributed by atoms with van der Waals surface area (Å²) in [5.41, 5.74) is 1.77. The lowest BCUT2D eigenvalue weighted by atomic mass is 9.89. The number of likely N-dealkylation sites (tertiary alicyclic amines) is 1. The number of carbonyl (C=O) groups excluding carboxylic acids is 1. The zero-order chi connectivity index (χ0) is 19.5. The van der Waals surface area contributed by atoms with Crippen LogP contribution in [0.4, 0.5) is 0 Å². The molecule has 0 radical (unpaired) electrons. The van der Waals surface area contributed by atoms with Gasteiger partial charge in [-0.05, 0) is 62.3 Å². The highest BCUT2D eigenvalue weighted by Gasteiger charge is 2.28. The predicted octanol–water partition coefficient (Wildman–Crippen LogP) is 3.86. The number of nitrogens with one attached hydrogen (secondary N) is 1. The van der Waals surface area contributed by atoms with Gasteiger partial charge in [0.05, 0.1) is 0 Å². The highest BCUT2D eigenvalue weighted by atomic mass is 35.5. The maximum Gasteiger partial charge on any atom is 0.349 e. The van der Waals surface area contributed by atoms with Crippen molar-refractivity contribution < 1.29 is 9.21 Å². The zero-order valence-electron chi connectivity index (χ0n) is 16.9. The van der Waals surface area contributed by atoms with Gasteiger partial charge in [0.2, 0.25) is 0 Å². The molecule has 5 nitrogen and oxygen atoms in total. The van der Waals surface area contributed by atoms with Crippen LogP contribution in [0.2, 0.25) is 0 Å². The van der Waals surface area contributed by atoms with Gasteiger partial charge < -0.3 is 14.6 Å². The van der Waals surface area contributed by atoms with E-state index in [2.05, 4.69) is 29.6 Å². The number of aryl methyl sites for hydroxylation is 1. The Kier molecular flexibility index (Phi) is 7.14. The monoisotopic (exact) mass is 416 g/mol. The summed E-state index contributed by atoms with van der Waals surface area (Å²) in [4.78, 5) is 27.5. The van der Waals surface area contributed by atoms with Crippen molar-refractivity contribution in [1.29, 1.82) is 0 Å². The first-order chi connectivity index (χ1) is 13.6. The SMILES string of the molecule is Cc1cc(C2CCCNC2)oc(=O)c1C(=O)N1CCC(c2ccccc2)CC1.Cl. The summed E-state index contributed by atoms with van der Waals surface area (Å²) < 4.78 is 5.59. The summed E-state index contributed by atoms with van der Waals surface area (Å²) in [5, 5.41) is 3.34. The molecule has 2 fully saturated rings. The van der Waals surface area contributed by atoms with Crippen LogP contribution < -0.4 is 10.9 Å². The smallest absolute Gasteiger partial charge is 0.349 e. The first-order valence-corrected chi connectivity index (χ1v) is 10.3. The summed E-state index contributed by atoms with van der Waals surface area (Å²) in [6.45, 7) is 5.02. The van der Waals surface area contributed by atoms with Crippen LogP contribution in [-0.4, -0.2) is 37.0 Å². The van der Waals surface area contributed by atoms with Crippen molar-refractivity contribution >= 4 is 18.3 Å². The number of amides is 1. The Balaban J connectivity index is 0.00000240. The van der Waals surface area contributed by atoms with Gasteiger partial charge >= 0.3 is 5.63 Å². The van der Waals surface area contributed by atoms with Crippen molar-refractivity contribution in [1.82, 2.24) is 10.2 Å². The van der Waals surface area contributed by atoms with E-state index in [9.17, 15) is 9.59 Å². The standard InChI is InChI=1S/C23H28N2O3.ClH/c1-16-14-20(19-8-5-11-24-15-19)28-23(27)21(16)22(26)25-12-9-18(10-13-25)17-6-3-2-4-7-17;/h2-4,6-7,14,18-19,24H,5,8-13,15H2,1H3;1H. The quantitative estimate of drug-likeness (QED) is 0.825. The second-order valence-electron chi connectivity index (χ2n) is 8.01. The van der Waals surface area contributed by atoms with E-state index in [1.165, 1.54) is 5.56 Å². The Morgan fingerprint density at radius 3 is 2.45 bits per heavy atom. The summed E-state index contributed by atoms with van der Waals surface area (Å²) in [7, 11) is 0. The molecular formula is C23H29ClN2O3. The largest absolute Gasteiger partial charge is 0.427 e. The van der Waals surface area contributed by atoms with Crippen LogP contribution in [0.1, 0.15) is 64.8 Å². The van der Waals surface area contributed by atoms with Gasteiger partial charge in [-0.3, -0.25) is 4.79 Å². The fourth-order valence-electron chi connectivity index (χ4n) is 4.49. The maximum atomic E-state index is 13.0. The van der Waals surface area contributed by atoms with Crippen molar-refractivity contribution in [2.75, 3.05) is 26.2 Å². The molecule has 1 N–H and O–H groups in total. The number of carbonyl (C=O) groups is 1. The van der Waals surface area contributed by atoms with Crippen molar-refractivity contribution in [3.8, 4) is 0 Å². The lowest BCUT2D eigenvalue weighted by molar-refractivity contribution is 0.0707. The topological polar surface area (TPSA) is 62.6 Å². The number of piperidine rings is 2. The van der Waals surface area contributed by atoms with E-state index in [1.807, 2.05) is 19.1 Å². The Hall–Kier alpha value is -2.11. The summed E-state index contributed by atoms with van der Waals surface area (Å²) in [5.74, 6) is 1.20. The molecule has 1 amide bonds. The number of halogens is 1. The minimum Gasteiger partial charge on any atom is -0.427 e. The van der Waals surface area contributed by atoms with E-state index in [-0.39, 0.29) is 29.8 Å². The van der Waals surface area contributed by atoms with E-state index >= 15 is 0 Å². The number of rotatable bonds is 3. The molecule has 2 aliphatic rings. The van der Waals surface area contributed by atoms with Gasteiger partial charge in [-0.2, -0.15) is 0 Å². The fraction of sp³-hybridized carbons (Fsp3) is 0.478. The molecule has 2 aromatic rings. The van der Waals surface area contributed by atoms with Crippen LogP contribution in [0.25, 0.3) is 0 Å². The molecule has 4 rings (SSSR count). The molecule has 0 spiro atoms. The van der Waals surface area contributed by atoms with Gasteiger partial charge in [-0.1, -0.05) is 30.3 Å². The molecule has 2 aliphatic heterocycles. The van der Waals surface area contributed by atoms with E-state index in [4.69, 9.17) is 4.42 Å². The summed E-state index contributed by atoms with van der Waals surface area (Å²) >= 11 is 0. The lowest BCUT2D eigenvalue weighted by Crippen LogP contribution is -2.40. The third kappa shape index (κ3) is 4.73. The third-order valence-corrected chi connectivity index (χ3v) is 6.13. The van der Waals surface area contributed by atoms with Gasteiger partial charge in [0.15, 0.2) is 0 Å². The molecule has 0 bridgehead atoms. The average Bonchev–Trinajstić information content (AvgIpc) is 2.74. The van der Waals surface area contributed by atoms with Crippen molar-refractivity contribution in [2.45, 2.75) is 44.4 Å². The van der Waals surface area contributed by atoms with Crippen LogP contribution >= 0.6 is 12.4 Å². The molecule has 2 saturated heterocycles. The molecule has 6 heteroatoms. The average molecular weight is 417 g/mol. The predicted molar refractivity (Wildman–Crippen MR) is 116 cm³/mol. The maximum absolute atomic E-state index is 13.0. The van der Waals surface area contributed by atoms with Crippen molar-refractivity contribution in [2.24, 2.45) is 0 Å². The molecule has 3 heterocycles. The van der Waals surface area contributed by atoms with E-state index in [0.717, 1.165) is 44.3 Å². The Morgan fingerprint density at radius 2 is 1.83 bits per heavy atom. The second-order valence-corrected chi connectivity index (χ2v) is 8.01. The molecule has 0 saturated carbocycles. The molecule has 29 heavy (non-hydrogen) atoms. The van der Waals surface area contributed by atoms with Gasteiger partial charge in [0.1, 0.15) is 11.3 Å². The Bertz CT molecular complexity index is 883. The Morgan fingerprint density at radius 1 is 1.10 bits per heavy atom. The molecule has 0 aliphatic carbocycles. The molecule has 1 aromatic carbocycles. The Labute approximate surface area is 177 Å². The highest BCUT2D eigenvalue weighted by Crippen LogP contribution is 2.29. The van der Waals surface area contributed by atoms with Crippen LogP contribution in [0.5, 0.6) is 0 Å². The van der Waals surface area contributed by atoms with Gasteiger partial charge in [0.25, 0.3) is 5.91 Å². The van der Waals surface area contributed by atoms with Crippen LogP contribution in [0, 0.1) is 6.92 Å². The van der Waals surface area contributed by atoms with E-state index in [0.29, 0.717) is 24.8 Å². The minimum absolute atomic E-state index is 0. The van der Waals surface area contributed by atoms with Gasteiger partial charge in [0, 0.05) is 25.6 Å². The van der Waals surface area contributed by atoms with Gasteiger partial charge in [-0.15, -0.1) is 12.4 Å². The number of hydrogen-bond acceptors (Lipinski definition) is 4. The van der Waals surface area contributed by atoms with Crippen LogP contribution in [0.15, 0.2) is 45.6 Å². The van der Waals surface area contributed by atoms with Crippen LogP contribution in [0.3, 0.4) is 0 Å². The molecule has 1 aromatic heterocycles. The van der Waals surface area contributed by atoms with Crippen molar-refractivity contribution in [3.63, 3.8) is 0 Å². The third-order valence-electron chi connectivity index (χ3n) is 6.13. The number of hydrogen-bond donors (Lipinski definition) is 1. The number of nitrogens with zero attached hydrogens (tertiary/aromatic N) is 1. The van der Waals surface area contributed by atoms with E-state index < -0.39 is 5.63 Å². The fourth-order valence-corrected chi connectivity index (χ4v) is 4.49. The highest BCUT2D eigenvalue weighted by molar-refractivity contribution is 5.95. The minimum atomic E-state index is -0.490. The normalized spacial score (nSPS) is 20.2. The molecule has 1 unspecified atom stereocenters. The lowest BCUT2D eigenvalue weighted by Gasteiger charge is -2.32. The van der Waals surface area contributed by atoms with Crippen LogP contribution in [-0.2, 0) is 0 Å². The summed E-state index contributed by atoms with van der Waals surface area (Å²) in [6.07, 6.45) is 3.93. The second kappa shape index (κ2) is 9.59. The summed E-state index contributed by atoms with van der Waals surface area (Å²) in [6, 6.07) is 12.3. The zero-order valence-corrected chi connectivity index (χ0v) is 17.7. The first kappa shape index (κ1) is 21.6. The molecular weight excluding hydrogens is 388 g/mol. The first-order valence-electron chi connectivity index (χ1n) is 10.3. The van der Waals surface area contributed by atoms with Crippen molar-refractivity contribution in [3.05, 3.63) is 69.3 Å². The number of benzene rings is 1. The molecule has 156 valence electrons. The molecule has 1 atom stereocenters. The van der Waals surface area contributed by atoms with Gasteiger partial charge in [-0.25, -0.2) is 4.79 Å². The van der Waals surface area contributed by atoms with E-state index in [1.54, 1.807) is 4.90 Å².